The van der Waals surface area contributed by atoms with Gasteiger partial charge in [-0.2, -0.15) is 4.68 Å². The number of amides is 4. The molecule has 0 radical (unpaired) electrons. The third-order valence-corrected chi connectivity index (χ3v) is 9.43. The Morgan fingerprint density at radius 2 is 1.66 bits per heavy atom. The van der Waals surface area contributed by atoms with Crippen LogP contribution in [0.25, 0.3) is 5.69 Å². The van der Waals surface area contributed by atoms with Crippen LogP contribution in [0.15, 0.2) is 73.1 Å². The molecule has 1 aromatic heterocycles. The van der Waals surface area contributed by atoms with Crippen molar-refractivity contribution in [1.82, 2.24) is 30.4 Å². The van der Waals surface area contributed by atoms with Gasteiger partial charge in [-0.1, -0.05) is 44.5 Å². The molecule has 2 atom stereocenters. The molecular weight excluding hydrogens is 706 g/mol. The number of halogens is 1. The van der Waals surface area contributed by atoms with Crippen LogP contribution in [0.1, 0.15) is 42.6 Å². The van der Waals surface area contributed by atoms with Crippen molar-refractivity contribution in [2.24, 2.45) is 5.41 Å². The normalized spacial score (nSPS) is 16.3. The molecule has 6 rings (SSSR count). The molecule has 2 aliphatic heterocycles. The number of benzene rings is 3. The molecule has 53 heavy (non-hydrogen) atoms. The largest absolute Gasteiger partial charge is 0.478 e. The second kappa shape index (κ2) is 15.5. The van der Waals surface area contributed by atoms with Crippen molar-refractivity contribution in [2.75, 3.05) is 48.4 Å². The fraction of sp³-hybridized carbons (Fsp3) is 0.333. The molecule has 17 heteroatoms. The number of carbonyl (C=O) groups is 5. The average Bonchev–Trinajstić information content (AvgIpc) is 3.62. The first kappa shape index (κ1) is 37.1. The predicted octanol–water partition coefficient (Wildman–Crippen LogP) is 2.95. The fourth-order valence-electron chi connectivity index (χ4n) is 6.45. The van der Waals surface area contributed by atoms with Gasteiger partial charge in [-0.15, -0.1) is 5.10 Å². The van der Waals surface area contributed by atoms with Gasteiger partial charge in [0, 0.05) is 35.4 Å². The van der Waals surface area contributed by atoms with Gasteiger partial charge in [0.05, 0.1) is 42.7 Å². The second-order valence-electron chi connectivity index (χ2n) is 13.8. The predicted molar refractivity (Wildman–Crippen MR) is 194 cm³/mol. The summed E-state index contributed by atoms with van der Waals surface area (Å²) in [7, 11) is 0. The minimum Gasteiger partial charge on any atom is -0.478 e. The van der Waals surface area contributed by atoms with E-state index in [9.17, 15) is 29.1 Å². The molecule has 3 heterocycles. The lowest BCUT2D eigenvalue weighted by Gasteiger charge is -2.42. The zero-order valence-corrected chi connectivity index (χ0v) is 29.9. The summed E-state index contributed by atoms with van der Waals surface area (Å²) >= 11 is 6.20. The van der Waals surface area contributed by atoms with E-state index in [0.717, 1.165) is 0 Å². The van der Waals surface area contributed by atoms with Crippen LogP contribution in [0, 0.1) is 5.41 Å². The lowest BCUT2D eigenvalue weighted by Crippen LogP contribution is -2.58. The van der Waals surface area contributed by atoms with E-state index < -0.39 is 41.1 Å². The first-order valence-corrected chi connectivity index (χ1v) is 17.2. The lowest BCUT2D eigenvalue weighted by atomic mass is 9.71. The van der Waals surface area contributed by atoms with Gasteiger partial charge in [-0.25, -0.2) is 4.79 Å². The van der Waals surface area contributed by atoms with Gasteiger partial charge in [-0.3, -0.25) is 24.1 Å². The number of rotatable bonds is 10. The molecule has 4 N–H and O–H groups in total. The summed E-state index contributed by atoms with van der Waals surface area (Å²) < 4.78 is 6.57. The molecule has 2 unspecified atom stereocenters. The second-order valence-corrected chi connectivity index (χ2v) is 14.3. The van der Waals surface area contributed by atoms with Crippen LogP contribution in [-0.2, 0) is 23.9 Å². The van der Waals surface area contributed by atoms with E-state index in [1.54, 1.807) is 17.0 Å². The summed E-state index contributed by atoms with van der Waals surface area (Å²) in [5.41, 5.74) is 1.47. The Labute approximate surface area is 309 Å². The Morgan fingerprint density at radius 1 is 0.943 bits per heavy atom. The maximum absolute atomic E-state index is 14.2. The van der Waals surface area contributed by atoms with Crippen LogP contribution in [0.3, 0.4) is 0 Å². The molecule has 4 amide bonds. The minimum absolute atomic E-state index is 0.0242. The average molecular weight is 744 g/mol. The summed E-state index contributed by atoms with van der Waals surface area (Å²) in [5, 5.41) is 28.6. The van der Waals surface area contributed by atoms with E-state index in [1.807, 2.05) is 45.0 Å². The van der Waals surface area contributed by atoms with Crippen LogP contribution in [0.5, 0.6) is 0 Å². The van der Waals surface area contributed by atoms with Gasteiger partial charge < -0.3 is 30.7 Å². The summed E-state index contributed by atoms with van der Waals surface area (Å²) in [6.45, 7) is 8.46. The molecule has 0 saturated carbocycles. The highest BCUT2D eigenvalue weighted by Crippen LogP contribution is 2.39. The van der Waals surface area contributed by atoms with Crippen molar-refractivity contribution in [3.8, 4) is 5.69 Å². The Balaban J connectivity index is 1.27. The monoisotopic (exact) mass is 743 g/mol. The molecule has 3 aromatic carbocycles. The number of hydrogen-bond donors (Lipinski definition) is 4. The van der Waals surface area contributed by atoms with Gasteiger partial charge in [0.15, 0.2) is 0 Å². The first-order valence-electron chi connectivity index (χ1n) is 16.8. The number of carbonyl (C=O) groups excluding carboxylic acids is 4. The van der Waals surface area contributed by atoms with E-state index in [4.69, 9.17) is 16.3 Å². The highest BCUT2D eigenvalue weighted by Gasteiger charge is 2.40. The van der Waals surface area contributed by atoms with Crippen LogP contribution in [-0.4, -0.2) is 105 Å². The number of aromatic nitrogens is 4. The number of piperazine rings is 1. The van der Waals surface area contributed by atoms with E-state index in [-0.39, 0.29) is 40.5 Å². The Kier molecular flexibility index (Phi) is 10.8. The van der Waals surface area contributed by atoms with E-state index >= 15 is 0 Å². The fourth-order valence-corrected chi connectivity index (χ4v) is 6.62. The molecule has 4 aromatic rings. The van der Waals surface area contributed by atoms with Crippen LogP contribution in [0.2, 0.25) is 5.02 Å². The first-order chi connectivity index (χ1) is 25.3. The summed E-state index contributed by atoms with van der Waals surface area (Å²) in [5.74, 6) is -4.72. The number of anilines is 3. The van der Waals surface area contributed by atoms with Crippen molar-refractivity contribution in [2.45, 2.75) is 38.8 Å². The van der Waals surface area contributed by atoms with Gasteiger partial charge in [0.25, 0.3) is 0 Å². The topological polar surface area (TPSA) is 201 Å². The highest BCUT2D eigenvalue weighted by atomic mass is 35.5. The number of nitrogens with one attached hydrogen (secondary N) is 3. The molecule has 0 aliphatic carbocycles. The van der Waals surface area contributed by atoms with Gasteiger partial charge in [0.1, 0.15) is 12.4 Å². The number of ether oxygens (including phenoxy) is 1. The van der Waals surface area contributed by atoms with Crippen molar-refractivity contribution in [3.63, 3.8) is 0 Å². The molecule has 276 valence electrons. The third kappa shape index (κ3) is 8.51. The maximum Gasteiger partial charge on any atom is 0.335 e. The zero-order valence-electron chi connectivity index (χ0n) is 29.2. The maximum atomic E-state index is 14.2. The minimum atomic E-state index is -1.31. The van der Waals surface area contributed by atoms with Gasteiger partial charge in [0.2, 0.25) is 11.8 Å². The van der Waals surface area contributed by atoms with Crippen LogP contribution >= 0.6 is 11.6 Å². The van der Waals surface area contributed by atoms with Crippen LogP contribution in [0.4, 0.5) is 17.1 Å². The lowest BCUT2D eigenvalue weighted by molar-refractivity contribution is -0.138. The number of carboxylic acids is 1. The third-order valence-electron chi connectivity index (χ3n) is 9.19. The van der Waals surface area contributed by atoms with E-state index in [0.29, 0.717) is 43.2 Å². The van der Waals surface area contributed by atoms with Crippen LogP contribution < -0.4 is 20.9 Å². The molecule has 2 fully saturated rings. The molecule has 0 spiro atoms. The summed E-state index contributed by atoms with van der Waals surface area (Å²) in [6.07, 6.45) is 1.31. The number of hydrogen-bond acceptors (Lipinski definition) is 10. The number of nitrogens with zero attached hydrogens (tertiary/aromatic N) is 6. The van der Waals surface area contributed by atoms with Crippen molar-refractivity contribution in [3.05, 3.63) is 89.2 Å². The highest BCUT2D eigenvalue weighted by molar-refractivity contribution is 6.40. The molecular formula is C36H38ClN9O7. The molecule has 16 nitrogen and oxygen atoms in total. The molecule has 2 aliphatic rings. The van der Waals surface area contributed by atoms with Crippen molar-refractivity contribution in [1.29, 1.82) is 0 Å². The van der Waals surface area contributed by atoms with Gasteiger partial charge >= 0.3 is 17.8 Å². The summed E-state index contributed by atoms with van der Waals surface area (Å²) in [4.78, 5) is 69.7. The number of aromatic carboxylic acids is 1. The Bertz CT molecular complexity index is 2000. The van der Waals surface area contributed by atoms with Gasteiger partial charge in [-0.05, 0) is 76.0 Å². The zero-order chi connectivity index (χ0) is 37.9. The van der Waals surface area contributed by atoms with E-state index in [1.165, 1.54) is 41.3 Å². The standard InChI is InChI=1S/C36H38ClN9O7/c1-36(2,3)30(21-6-11-25(12-7-21)45-15-14-44(17-29(45)47)26-18-53-19-26)31(32(48)39-24-9-4-22(5-10-24)35(51)52)41-34(50)33(49)40-27-16-23(37)8-13-28(27)46-20-38-42-43-46/h4-13,16,20,26,30-31H,14-15,17-19H2,1-3H3,(H,39,48)(H,40,49)(H,41,50)(H,51,52). The molecule has 2 saturated heterocycles. The SMILES string of the molecule is CC(C)(C)C(c1ccc(N2CCN(C3COC3)CC2=O)cc1)C(NC(=O)C(=O)Nc1cc(Cl)ccc1-n1cnnn1)C(=O)Nc1ccc(C(=O)O)cc1. The Hall–Kier alpha value is -5.71. The van der Waals surface area contributed by atoms with Crippen molar-refractivity contribution >= 4 is 58.3 Å². The number of tetrazole rings is 1. The van der Waals surface area contributed by atoms with E-state index in [2.05, 4.69) is 36.4 Å². The Morgan fingerprint density at radius 3 is 2.25 bits per heavy atom. The smallest absolute Gasteiger partial charge is 0.335 e. The van der Waals surface area contributed by atoms with Crippen molar-refractivity contribution < 1.29 is 33.8 Å². The number of carboxylic acid groups (broad SMARTS) is 1. The summed E-state index contributed by atoms with van der Waals surface area (Å²) in [6, 6.07) is 16.3. The molecule has 0 bridgehead atoms. The quantitative estimate of drug-likeness (QED) is 0.174.